The van der Waals surface area contributed by atoms with Crippen molar-refractivity contribution in [2.24, 2.45) is 5.92 Å². The normalized spacial score (nSPS) is 20.6. The fourth-order valence-corrected chi connectivity index (χ4v) is 6.25. The van der Waals surface area contributed by atoms with Crippen molar-refractivity contribution in [1.82, 2.24) is 14.5 Å². The molecular weight excluding hydrogens is 554 g/mol. The molecule has 2 heterocycles. The monoisotopic (exact) mass is 585 g/mol. The fraction of sp³-hybridized carbons (Fsp3) is 0.273. The molecule has 1 saturated carbocycles. The number of hydrogen-bond acceptors (Lipinski definition) is 7. The van der Waals surface area contributed by atoms with Gasteiger partial charge in [-0.2, -0.15) is 0 Å². The second-order valence-corrected chi connectivity index (χ2v) is 10.8. The Balaban J connectivity index is 1.39. The molecule has 2 N–H and O–H groups in total. The standard InChI is InChI=1S/C33H32ClN3O5/c1-40-25-12-8-23(9-13-25)33(22-6-4-3-5-7-22,24-10-14-26(41-2)15-11-24)42-19-21-18-28(30(39)29(21)38)37-17-16-27-31(34)35-20-36-32(27)37/h3-17,20-21,28-30,38-39H,18-19H2,1-2H3/t21-,28-,29-,30+/m1/s1. The van der Waals surface area contributed by atoms with Crippen molar-refractivity contribution in [1.29, 1.82) is 0 Å². The van der Waals surface area contributed by atoms with E-state index in [9.17, 15) is 10.2 Å². The summed E-state index contributed by atoms with van der Waals surface area (Å²) >= 11 is 6.27. The molecule has 6 rings (SSSR count). The van der Waals surface area contributed by atoms with Crippen LogP contribution in [-0.2, 0) is 10.3 Å². The Labute approximate surface area is 249 Å². The number of halogens is 1. The molecule has 1 aliphatic carbocycles. The molecule has 3 aromatic carbocycles. The van der Waals surface area contributed by atoms with Gasteiger partial charge in [0.05, 0.1) is 38.4 Å². The molecule has 0 spiro atoms. The average Bonchev–Trinajstić information content (AvgIpc) is 3.59. The zero-order valence-electron chi connectivity index (χ0n) is 23.3. The zero-order chi connectivity index (χ0) is 29.3. The van der Waals surface area contributed by atoms with Gasteiger partial charge in [0.2, 0.25) is 0 Å². The van der Waals surface area contributed by atoms with Crippen LogP contribution in [0.15, 0.2) is 97.5 Å². The lowest BCUT2D eigenvalue weighted by Crippen LogP contribution is -2.37. The number of aliphatic hydroxyl groups excluding tert-OH is 2. The molecular formula is C33H32ClN3O5. The first-order valence-corrected chi connectivity index (χ1v) is 14.2. The Morgan fingerprint density at radius 1 is 0.810 bits per heavy atom. The van der Waals surface area contributed by atoms with E-state index in [1.165, 1.54) is 6.33 Å². The van der Waals surface area contributed by atoms with Gasteiger partial charge in [-0.1, -0.05) is 66.2 Å². The van der Waals surface area contributed by atoms with Crippen LogP contribution in [0.3, 0.4) is 0 Å². The largest absolute Gasteiger partial charge is 0.497 e. The maximum Gasteiger partial charge on any atom is 0.145 e. The molecule has 0 saturated heterocycles. The average molecular weight is 586 g/mol. The summed E-state index contributed by atoms with van der Waals surface area (Å²) in [5, 5.41) is 23.5. The van der Waals surface area contributed by atoms with Crippen LogP contribution in [0.5, 0.6) is 11.5 Å². The molecule has 0 unspecified atom stereocenters. The van der Waals surface area contributed by atoms with Crippen LogP contribution in [0.25, 0.3) is 11.0 Å². The number of methoxy groups -OCH3 is 2. The Kier molecular flexibility index (Phi) is 7.88. The van der Waals surface area contributed by atoms with E-state index in [-0.39, 0.29) is 12.5 Å². The van der Waals surface area contributed by atoms with Gasteiger partial charge in [0, 0.05) is 12.1 Å². The van der Waals surface area contributed by atoms with Gasteiger partial charge in [-0.05, 0) is 53.4 Å². The molecule has 0 aliphatic heterocycles. The molecule has 1 fully saturated rings. The van der Waals surface area contributed by atoms with Crippen LogP contribution in [-0.4, -0.2) is 57.8 Å². The van der Waals surface area contributed by atoms with E-state index in [4.69, 9.17) is 25.8 Å². The van der Waals surface area contributed by atoms with E-state index in [0.717, 1.165) is 28.2 Å². The Hall–Kier alpha value is -3.95. The second-order valence-electron chi connectivity index (χ2n) is 10.5. The quantitative estimate of drug-likeness (QED) is 0.177. The molecule has 8 nitrogen and oxygen atoms in total. The second kappa shape index (κ2) is 11.7. The first kappa shape index (κ1) is 28.2. The molecule has 1 aliphatic rings. The number of aromatic nitrogens is 3. The molecule has 5 aromatic rings. The van der Waals surface area contributed by atoms with Gasteiger partial charge < -0.3 is 29.0 Å². The summed E-state index contributed by atoms with van der Waals surface area (Å²) in [5.74, 6) is 1.10. The van der Waals surface area contributed by atoms with Gasteiger partial charge in [0.15, 0.2) is 0 Å². The van der Waals surface area contributed by atoms with Gasteiger partial charge in [-0.15, -0.1) is 0 Å². The predicted octanol–water partition coefficient (Wildman–Crippen LogP) is 5.39. The number of rotatable bonds is 9. The summed E-state index contributed by atoms with van der Waals surface area (Å²) in [6.45, 7) is 0.177. The van der Waals surface area contributed by atoms with Crippen molar-refractivity contribution in [2.75, 3.05) is 20.8 Å². The number of benzene rings is 3. The Bertz CT molecular complexity index is 1600. The molecule has 216 valence electrons. The van der Waals surface area contributed by atoms with Crippen LogP contribution in [0.4, 0.5) is 0 Å². The van der Waals surface area contributed by atoms with E-state index in [1.54, 1.807) is 14.2 Å². The number of fused-ring (bicyclic) bond motifs is 1. The van der Waals surface area contributed by atoms with Gasteiger partial charge in [-0.3, -0.25) is 0 Å². The highest BCUT2D eigenvalue weighted by Gasteiger charge is 2.45. The van der Waals surface area contributed by atoms with Gasteiger partial charge in [-0.25, -0.2) is 9.97 Å². The molecule has 9 heteroatoms. The van der Waals surface area contributed by atoms with Crippen molar-refractivity contribution in [3.63, 3.8) is 0 Å². The number of nitrogens with zero attached hydrogens (tertiary/aromatic N) is 3. The lowest BCUT2D eigenvalue weighted by molar-refractivity contribution is -0.0495. The third kappa shape index (κ3) is 4.90. The highest BCUT2D eigenvalue weighted by atomic mass is 35.5. The van der Waals surface area contributed by atoms with Crippen LogP contribution >= 0.6 is 11.6 Å². The highest BCUT2D eigenvalue weighted by molar-refractivity contribution is 6.33. The van der Waals surface area contributed by atoms with Gasteiger partial charge >= 0.3 is 0 Å². The van der Waals surface area contributed by atoms with Crippen LogP contribution in [0.2, 0.25) is 5.15 Å². The molecule has 0 radical (unpaired) electrons. The fourth-order valence-electron chi connectivity index (χ4n) is 6.05. The summed E-state index contributed by atoms with van der Waals surface area (Å²) in [6, 6.07) is 27.0. The van der Waals surface area contributed by atoms with Crippen molar-refractivity contribution in [3.8, 4) is 11.5 Å². The maximum atomic E-state index is 11.3. The van der Waals surface area contributed by atoms with Crippen molar-refractivity contribution >= 4 is 22.6 Å². The smallest absolute Gasteiger partial charge is 0.145 e. The van der Waals surface area contributed by atoms with Crippen LogP contribution < -0.4 is 9.47 Å². The summed E-state index contributed by atoms with van der Waals surface area (Å²) in [6.07, 6.45) is 1.68. The molecule has 0 bridgehead atoms. The van der Waals surface area contributed by atoms with Gasteiger partial charge in [0.1, 0.15) is 40.3 Å². The number of hydrogen-bond donors (Lipinski definition) is 2. The molecule has 4 atom stereocenters. The first-order valence-electron chi connectivity index (χ1n) is 13.8. The Morgan fingerprint density at radius 2 is 1.40 bits per heavy atom. The van der Waals surface area contributed by atoms with Crippen molar-refractivity contribution < 1.29 is 24.4 Å². The zero-order valence-corrected chi connectivity index (χ0v) is 24.1. The summed E-state index contributed by atoms with van der Waals surface area (Å²) in [7, 11) is 3.27. The maximum absolute atomic E-state index is 11.3. The van der Waals surface area contributed by atoms with E-state index in [2.05, 4.69) is 9.97 Å². The van der Waals surface area contributed by atoms with E-state index in [0.29, 0.717) is 22.6 Å². The van der Waals surface area contributed by atoms with Gasteiger partial charge in [0.25, 0.3) is 0 Å². The third-order valence-corrected chi connectivity index (χ3v) is 8.58. The van der Waals surface area contributed by atoms with E-state index in [1.807, 2.05) is 95.7 Å². The van der Waals surface area contributed by atoms with Crippen LogP contribution in [0.1, 0.15) is 29.2 Å². The highest BCUT2D eigenvalue weighted by Crippen LogP contribution is 2.44. The third-order valence-electron chi connectivity index (χ3n) is 8.28. The summed E-state index contributed by atoms with van der Waals surface area (Å²) in [4.78, 5) is 8.44. The number of aliphatic hydroxyl groups is 2. The minimum absolute atomic E-state index is 0.177. The molecule has 42 heavy (non-hydrogen) atoms. The molecule has 0 amide bonds. The first-order chi connectivity index (χ1) is 20.5. The number of ether oxygens (including phenoxy) is 3. The summed E-state index contributed by atoms with van der Waals surface area (Å²) < 4.78 is 19.7. The SMILES string of the molecule is COc1ccc(C(OC[C@H]2C[C@@H](n3ccc4c(Cl)ncnc43)[C@H](O)[C@@H]2O)(c2ccccc2)c2ccc(OC)cc2)cc1. The predicted molar refractivity (Wildman–Crippen MR) is 160 cm³/mol. The van der Waals surface area contributed by atoms with E-state index < -0.39 is 23.9 Å². The van der Waals surface area contributed by atoms with Crippen molar-refractivity contribution in [3.05, 3.63) is 119 Å². The Morgan fingerprint density at radius 3 is 2.00 bits per heavy atom. The van der Waals surface area contributed by atoms with E-state index >= 15 is 0 Å². The minimum atomic E-state index is -1.02. The lowest BCUT2D eigenvalue weighted by atomic mass is 9.79. The minimum Gasteiger partial charge on any atom is -0.497 e. The van der Waals surface area contributed by atoms with Crippen molar-refractivity contribution in [2.45, 2.75) is 30.3 Å². The molecule has 2 aromatic heterocycles. The lowest BCUT2D eigenvalue weighted by Gasteiger charge is -2.37. The topological polar surface area (TPSA) is 98.9 Å². The summed E-state index contributed by atoms with van der Waals surface area (Å²) in [5.41, 5.74) is 2.30. The van der Waals surface area contributed by atoms with Crippen LogP contribution in [0, 0.1) is 5.92 Å².